The van der Waals surface area contributed by atoms with Crippen molar-refractivity contribution in [2.45, 2.75) is 19.9 Å². The van der Waals surface area contributed by atoms with Crippen LogP contribution in [0.4, 0.5) is 19.3 Å². The maximum Gasteiger partial charge on any atom is 0.327 e. The lowest BCUT2D eigenvalue weighted by atomic mass is 10.00. The molecule has 3 rings (SSSR count). The van der Waals surface area contributed by atoms with Gasteiger partial charge in [0, 0.05) is 23.0 Å². The van der Waals surface area contributed by atoms with Crippen molar-refractivity contribution in [3.8, 4) is 11.1 Å². The first-order valence-electron chi connectivity index (χ1n) is 8.66. The number of anilines is 1. The standard InChI is InChI=1S/C20H19F2N5O/c1-2-13-8-15(6-7-16(13)14-9-24-25-10-14)26-20(28)27(12-23)11-17-18(21)4-3-5-19(17)22/h3-10,12,23H,2,11H2,1H3,(H,24,25)(H,26,28). The summed E-state index contributed by atoms with van der Waals surface area (Å²) in [6.07, 6.45) is 4.97. The molecule has 0 fully saturated rings. The Morgan fingerprint density at radius 1 is 1.29 bits per heavy atom. The van der Waals surface area contributed by atoms with E-state index >= 15 is 0 Å². The van der Waals surface area contributed by atoms with Gasteiger partial charge in [0.1, 0.15) is 11.6 Å². The fourth-order valence-electron chi connectivity index (χ4n) is 2.87. The maximum atomic E-state index is 13.8. The monoisotopic (exact) mass is 383 g/mol. The Kier molecular flexibility index (Phi) is 5.78. The van der Waals surface area contributed by atoms with Gasteiger partial charge in [-0.3, -0.25) is 15.4 Å². The van der Waals surface area contributed by atoms with Crippen LogP contribution in [0.5, 0.6) is 0 Å². The van der Waals surface area contributed by atoms with Crippen molar-refractivity contribution < 1.29 is 13.6 Å². The normalized spacial score (nSPS) is 10.5. The van der Waals surface area contributed by atoms with E-state index in [2.05, 4.69) is 15.5 Å². The third-order valence-corrected chi connectivity index (χ3v) is 4.35. The van der Waals surface area contributed by atoms with E-state index in [1.54, 1.807) is 18.5 Å². The van der Waals surface area contributed by atoms with Gasteiger partial charge in [0.2, 0.25) is 0 Å². The molecule has 0 saturated carbocycles. The van der Waals surface area contributed by atoms with E-state index in [1.165, 1.54) is 6.07 Å². The van der Waals surface area contributed by atoms with Gasteiger partial charge in [-0.15, -0.1) is 0 Å². The number of aromatic amines is 1. The Labute approximate surface area is 160 Å². The number of nitrogens with one attached hydrogen (secondary N) is 3. The molecule has 1 heterocycles. The topological polar surface area (TPSA) is 84.9 Å². The van der Waals surface area contributed by atoms with Gasteiger partial charge in [-0.05, 0) is 41.8 Å². The Bertz CT molecular complexity index is 968. The fourth-order valence-corrected chi connectivity index (χ4v) is 2.87. The van der Waals surface area contributed by atoms with Crippen molar-refractivity contribution in [2.75, 3.05) is 5.32 Å². The molecule has 2 aromatic carbocycles. The van der Waals surface area contributed by atoms with Crippen LogP contribution in [0.3, 0.4) is 0 Å². The molecule has 8 heteroatoms. The second kappa shape index (κ2) is 8.43. The smallest absolute Gasteiger partial charge is 0.307 e. The number of nitrogens with zero attached hydrogens (tertiary/aromatic N) is 2. The van der Waals surface area contributed by atoms with Crippen LogP contribution in [0.25, 0.3) is 11.1 Å². The summed E-state index contributed by atoms with van der Waals surface area (Å²) in [6, 6.07) is 8.23. The lowest BCUT2D eigenvalue weighted by molar-refractivity contribution is 0.232. The predicted octanol–water partition coefficient (Wildman–Crippen LogP) is 4.56. The lowest BCUT2D eigenvalue weighted by Crippen LogP contribution is -2.33. The van der Waals surface area contributed by atoms with Gasteiger partial charge in [-0.25, -0.2) is 13.6 Å². The lowest BCUT2D eigenvalue weighted by Gasteiger charge is -2.19. The van der Waals surface area contributed by atoms with E-state index in [0.717, 1.165) is 46.5 Å². The molecule has 3 aromatic rings. The van der Waals surface area contributed by atoms with Gasteiger partial charge >= 0.3 is 6.03 Å². The van der Waals surface area contributed by atoms with Crippen LogP contribution in [0.15, 0.2) is 48.8 Å². The Morgan fingerprint density at radius 3 is 2.64 bits per heavy atom. The number of hydrogen-bond donors (Lipinski definition) is 3. The molecule has 0 atom stereocenters. The summed E-state index contributed by atoms with van der Waals surface area (Å²) in [5.41, 5.74) is 3.18. The van der Waals surface area contributed by atoms with Crippen LogP contribution in [-0.4, -0.2) is 27.5 Å². The number of halogens is 2. The number of aromatic nitrogens is 2. The van der Waals surface area contributed by atoms with Gasteiger partial charge in [0.05, 0.1) is 19.1 Å². The van der Waals surface area contributed by atoms with E-state index in [-0.39, 0.29) is 12.1 Å². The van der Waals surface area contributed by atoms with Gasteiger partial charge < -0.3 is 5.32 Å². The first kappa shape index (κ1) is 19.2. The second-order valence-electron chi connectivity index (χ2n) is 6.10. The van der Waals surface area contributed by atoms with Gasteiger partial charge in [0.25, 0.3) is 0 Å². The van der Waals surface area contributed by atoms with Crippen molar-refractivity contribution in [1.29, 1.82) is 5.41 Å². The zero-order valence-corrected chi connectivity index (χ0v) is 15.2. The fraction of sp³-hybridized carbons (Fsp3) is 0.150. The number of amides is 2. The first-order chi connectivity index (χ1) is 13.5. The molecular formula is C20H19F2N5O. The molecule has 0 radical (unpaired) electrons. The maximum absolute atomic E-state index is 13.8. The molecule has 0 bridgehead atoms. The number of carbonyl (C=O) groups is 1. The number of rotatable bonds is 6. The second-order valence-corrected chi connectivity index (χ2v) is 6.10. The highest BCUT2D eigenvalue weighted by Crippen LogP contribution is 2.26. The highest BCUT2D eigenvalue weighted by Gasteiger charge is 2.17. The predicted molar refractivity (Wildman–Crippen MR) is 103 cm³/mol. The molecule has 0 saturated heterocycles. The number of aryl methyl sites for hydroxylation is 1. The van der Waals surface area contributed by atoms with Crippen molar-refractivity contribution in [3.05, 3.63) is 71.6 Å². The zero-order valence-electron chi connectivity index (χ0n) is 15.2. The third kappa shape index (κ3) is 4.06. The minimum Gasteiger partial charge on any atom is -0.307 e. The summed E-state index contributed by atoms with van der Waals surface area (Å²) in [4.78, 5) is 13.4. The van der Waals surface area contributed by atoms with E-state index in [1.807, 2.05) is 19.1 Å². The van der Waals surface area contributed by atoms with Crippen LogP contribution in [0, 0.1) is 17.0 Å². The van der Waals surface area contributed by atoms with E-state index < -0.39 is 17.7 Å². The zero-order chi connectivity index (χ0) is 20.1. The SMILES string of the molecule is CCc1cc(NC(=O)N(C=N)Cc2c(F)cccc2F)ccc1-c1cn[nH]c1. The van der Waals surface area contributed by atoms with E-state index in [0.29, 0.717) is 5.69 Å². The van der Waals surface area contributed by atoms with E-state index in [9.17, 15) is 13.6 Å². The highest BCUT2D eigenvalue weighted by atomic mass is 19.1. The summed E-state index contributed by atoms with van der Waals surface area (Å²) in [7, 11) is 0. The number of benzene rings is 2. The molecule has 0 unspecified atom stereocenters. The number of H-pyrrole nitrogens is 1. The Balaban J connectivity index is 1.78. The summed E-state index contributed by atoms with van der Waals surface area (Å²) in [5, 5.41) is 16.8. The molecule has 1 aromatic heterocycles. The molecule has 0 aliphatic rings. The molecule has 0 spiro atoms. The quantitative estimate of drug-likeness (QED) is 0.431. The third-order valence-electron chi connectivity index (χ3n) is 4.35. The van der Waals surface area contributed by atoms with Crippen LogP contribution in [0.1, 0.15) is 18.1 Å². The number of carbonyl (C=O) groups excluding carboxylic acids is 1. The van der Waals surface area contributed by atoms with Crippen molar-refractivity contribution in [2.24, 2.45) is 0 Å². The number of urea groups is 1. The summed E-state index contributed by atoms with van der Waals surface area (Å²) < 4.78 is 27.7. The minimum absolute atomic E-state index is 0.272. The van der Waals surface area contributed by atoms with Gasteiger partial charge in [0.15, 0.2) is 0 Å². The summed E-state index contributed by atoms with van der Waals surface area (Å²) in [5.74, 6) is -1.53. The van der Waals surface area contributed by atoms with E-state index in [4.69, 9.17) is 5.41 Å². The molecule has 0 aliphatic carbocycles. The van der Waals surface area contributed by atoms with Crippen LogP contribution in [-0.2, 0) is 13.0 Å². The Morgan fingerprint density at radius 2 is 2.04 bits per heavy atom. The molecular weight excluding hydrogens is 364 g/mol. The van der Waals surface area contributed by atoms with Crippen molar-refractivity contribution in [1.82, 2.24) is 15.1 Å². The average Bonchev–Trinajstić information content (AvgIpc) is 3.22. The molecule has 0 aliphatic heterocycles. The Hall–Kier alpha value is -3.55. The van der Waals surface area contributed by atoms with Crippen LogP contribution >= 0.6 is 0 Å². The van der Waals surface area contributed by atoms with Crippen molar-refractivity contribution >= 4 is 18.1 Å². The molecule has 6 nitrogen and oxygen atoms in total. The number of hydrogen-bond acceptors (Lipinski definition) is 3. The molecule has 28 heavy (non-hydrogen) atoms. The summed E-state index contributed by atoms with van der Waals surface area (Å²) >= 11 is 0. The molecule has 144 valence electrons. The van der Waals surface area contributed by atoms with Crippen molar-refractivity contribution in [3.63, 3.8) is 0 Å². The van der Waals surface area contributed by atoms with Gasteiger partial charge in [-0.2, -0.15) is 5.10 Å². The largest absolute Gasteiger partial charge is 0.327 e. The first-order valence-corrected chi connectivity index (χ1v) is 8.66. The van der Waals surface area contributed by atoms with Crippen LogP contribution in [0.2, 0.25) is 0 Å². The molecule has 3 N–H and O–H groups in total. The highest BCUT2D eigenvalue weighted by molar-refractivity contribution is 5.96. The van der Waals surface area contributed by atoms with Gasteiger partial charge in [-0.1, -0.05) is 19.1 Å². The summed E-state index contributed by atoms with van der Waals surface area (Å²) in [6.45, 7) is 1.61. The minimum atomic E-state index is -0.766. The molecule has 2 amide bonds. The average molecular weight is 383 g/mol. The van der Waals surface area contributed by atoms with Crippen LogP contribution < -0.4 is 5.32 Å².